The molecule has 4 amide bonds. The number of unbranched alkanes of at least 4 members (excludes halogenated alkanes) is 1. The zero-order chi connectivity index (χ0) is 19.5. The molecule has 2 aliphatic heterocycles. The van der Waals surface area contributed by atoms with Gasteiger partial charge in [-0.25, -0.2) is 4.79 Å². The van der Waals surface area contributed by atoms with Crippen LogP contribution in [0.3, 0.4) is 0 Å². The summed E-state index contributed by atoms with van der Waals surface area (Å²) in [5.74, 6) is 0.612. The number of fused-ring (bicyclic) bond motifs is 1. The molecule has 0 bridgehead atoms. The molecule has 0 spiro atoms. The first-order chi connectivity index (χ1) is 13.1. The van der Waals surface area contributed by atoms with Crippen molar-refractivity contribution in [2.24, 2.45) is 5.73 Å². The molecule has 154 valence electrons. The van der Waals surface area contributed by atoms with Crippen LogP contribution < -0.4 is 21.7 Å². The van der Waals surface area contributed by atoms with Crippen molar-refractivity contribution in [3.05, 3.63) is 0 Å². The van der Waals surface area contributed by atoms with Gasteiger partial charge in [-0.3, -0.25) is 9.59 Å². The lowest BCUT2D eigenvalue weighted by atomic mass is 10.0. The molecular weight excluding hydrogens is 372 g/mol. The van der Waals surface area contributed by atoms with Gasteiger partial charge < -0.3 is 31.2 Å². The second kappa shape index (κ2) is 12.0. The molecule has 9 nitrogen and oxygen atoms in total. The standard InChI is InChI=1S/C17H30N4O5S/c18-14(22)5-7-25-9-10-26-8-6-19-15(23)4-2-1-3-13-16-12(11-27-13)20-17(24)21-16/h12-13,16H,1-11H2,(H2,18,22)(H,19,23)(H2,20,21,24)/t12-,13-,16-/m0/s1. The molecule has 5 N–H and O–H groups in total. The van der Waals surface area contributed by atoms with Crippen LogP contribution in [0.15, 0.2) is 0 Å². The van der Waals surface area contributed by atoms with E-state index in [-0.39, 0.29) is 36.3 Å². The van der Waals surface area contributed by atoms with Crippen LogP contribution in [0.2, 0.25) is 0 Å². The van der Waals surface area contributed by atoms with E-state index in [4.69, 9.17) is 15.2 Å². The van der Waals surface area contributed by atoms with Crippen LogP contribution in [0.5, 0.6) is 0 Å². The number of carbonyl (C=O) groups is 3. The molecule has 10 heteroatoms. The summed E-state index contributed by atoms with van der Waals surface area (Å²) in [6.07, 6.45) is 3.55. The van der Waals surface area contributed by atoms with Gasteiger partial charge >= 0.3 is 6.03 Å². The highest BCUT2D eigenvalue weighted by atomic mass is 32.2. The third-order valence-corrected chi connectivity index (χ3v) is 6.02. The highest BCUT2D eigenvalue weighted by Crippen LogP contribution is 2.33. The van der Waals surface area contributed by atoms with Crippen molar-refractivity contribution in [3.63, 3.8) is 0 Å². The summed E-state index contributed by atoms with van der Waals surface area (Å²) >= 11 is 1.90. The first-order valence-corrected chi connectivity index (χ1v) is 10.5. The van der Waals surface area contributed by atoms with Gasteiger partial charge in [0.2, 0.25) is 11.8 Å². The molecule has 2 heterocycles. The van der Waals surface area contributed by atoms with Crippen molar-refractivity contribution in [1.82, 2.24) is 16.0 Å². The van der Waals surface area contributed by atoms with E-state index in [2.05, 4.69) is 16.0 Å². The van der Waals surface area contributed by atoms with Crippen LogP contribution in [0, 0.1) is 0 Å². The summed E-state index contributed by atoms with van der Waals surface area (Å²) in [5, 5.41) is 9.19. The molecule has 2 saturated heterocycles. The average molecular weight is 403 g/mol. The first-order valence-electron chi connectivity index (χ1n) is 9.45. The molecule has 0 unspecified atom stereocenters. The zero-order valence-electron chi connectivity index (χ0n) is 15.5. The molecule has 2 rings (SSSR count). The number of hydrogen-bond donors (Lipinski definition) is 4. The topological polar surface area (TPSA) is 132 Å². The largest absolute Gasteiger partial charge is 0.379 e. The van der Waals surface area contributed by atoms with E-state index in [1.54, 1.807) is 0 Å². The molecule has 0 aromatic rings. The van der Waals surface area contributed by atoms with Gasteiger partial charge in [0.1, 0.15) is 0 Å². The predicted octanol–water partition coefficient (Wildman–Crippen LogP) is -0.263. The number of amides is 4. The molecule has 0 aromatic carbocycles. The van der Waals surface area contributed by atoms with Crippen molar-refractivity contribution in [2.45, 2.75) is 49.4 Å². The number of carbonyl (C=O) groups excluding carboxylic acids is 3. The molecule has 3 atom stereocenters. The summed E-state index contributed by atoms with van der Waals surface area (Å²) in [7, 11) is 0. The Morgan fingerprint density at radius 1 is 1.11 bits per heavy atom. The molecule has 2 aliphatic rings. The van der Waals surface area contributed by atoms with Crippen LogP contribution in [0.4, 0.5) is 4.79 Å². The smallest absolute Gasteiger partial charge is 0.315 e. The fourth-order valence-corrected chi connectivity index (χ4v) is 4.66. The van der Waals surface area contributed by atoms with Crippen molar-refractivity contribution < 1.29 is 23.9 Å². The summed E-state index contributed by atoms with van der Waals surface area (Å²) in [4.78, 5) is 33.6. The van der Waals surface area contributed by atoms with Crippen molar-refractivity contribution in [1.29, 1.82) is 0 Å². The Hall–Kier alpha value is -1.52. The maximum atomic E-state index is 11.8. The second-order valence-corrected chi connectivity index (χ2v) is 7.93. The Bertz CT molecular complexity index is 508. The number of urea groups is 1. The number of ether oxygens (including phenoxy) is 2. The third-order valence-electron chi connectivity index (χ3n) is 4.51. The molecule has 0 aromatic heterocycles. The van der Waals surface area contributed by atoms with E-state index in [0.29, 0.717) is 44.6 Å². The first kappa shape index (κ1) is 21.8. The second-order valence-electron chi connectivity index (χ2n) is 6.66. The van der Waals surface area contributed by atoms with Gasteiger partial charge in [-0.05, 0) is 12.8 Å². The van der Waals surface area contributed by atoms with Crippen LogP contribution in [0.1, 0.15) is 32.1 Å². The Morgan fingerprint density at radius 3 is 2.67 bits per heavy atom. The van der Waals surface area contributed by atoms with Crippen molar-refractivity contribution in [2.75, 3.05) is 38.7 Å². The average Bonchev–Trinajstić information content (AvgIpc) is 3.16. The minimum Gasteiger partial charge on any atom is -0.379 e. The number of nitrogens with one attached hydrogen (secondary N) is 3. The number of nitrogens with two attached hydrogens (primary N) is 1. The summed E-state index contributed by atoms with van der Waals surface area (Å²) < 4.78 is 10.5. The van der Waals surface area contributed by atoms with Crippen LogP contribution in [-0.4, -0.2) is 73.9 Å². The van der Waals surface area contributed by atoms with Crippen LogP contribution >= 0.6 is 11.8 Å². The monoisotopic (exact) mass is 402 g/mol. The van der Waals surface area contributed by atoms with Gasteiger partial charge in [0, 0.05) is 30.4 Å². The van der Waals surface area contributed by atoms with E-state index >= 15 is 0 Å². The lowest BCUT2D eigenvalue weighted by Crippen LogP contribution is -2.36. The fraction of sp³-hybridized carbons (Fsp3) is 0.824. The van der Waals surface area contributed by atoms with Gasteiger partial charge in [-0.1, -0.05) is 6.42 Å². The normalized spacial score (nSPS) is 23.6. The van der Waals surface area contributed by atoms with Crippen molar-refractivity contribution in [3.8, 4) is 0 Å². The lowest BCUT2D eigenvalue weighted by molar-refractivity contribution is -0.121. The van der Waals surface area contributed by atoms with Gasteiger partial charge in [0.05, 0.1) is 38.5 Å². The summed E-state index contributed by atoms with van der Waals surface area (Å²) in [6.45, 7) is 2.03. The predicted molar refractivity (Wildman–Crippen MR) is 102 cm³/mol. The lowest BCUT2D eigenvalue weighted by Gasteiger charge is -2.16. The number of hydrogen-bond acceptors (Lipinski definition) is 6. The van der Waals surface area contributed by atoms with E-state index in [0.717, 1.165) is 25.0 Å². The van der Waals surface area contributed by atoms with Crippen LogP contribution in [-0.2, 0) is 19.1 Å². The molecule has 0 radical (unpaired) electrons. The Labute approximate surface area is 163 Å². The third kappa shape index (κ3) is 8.35. The number of rotatable bonds is 14. The molecule has 27 heavy (non-hydrogen) atoms. The van der Waals surface area contributed by atoms with E-state index in [9.17, 15) is 14.4 Å². The van der Waals surface area contributed by atoms with Gasteiger partial charge in [0.25, 0.3) is 0 Å². The van der Waals surface area contributed by atoms with E-state index < -0.39 is 0 Å². The van der Waals surface area contributed by atoms with E-state index in [1.807, 2.05) is 11.8 Å². The van der Waals surface area contributed by atoms with Gasteiger partial charge in [-0.2, -0.15) is 11.8 Å². The molecule has 0 saturated carbocycles. The molecule has 2 fully saturated rings. The Morgan fingerprint density at radius 2 is 1.89 bits per heavy atom. The van der Waals surface area contributed by atoms with Crippen LogP contribution in [0.25, 0.3) is 0 Å². The minimum absolute atomic E-state index is 0.0316. The zero-order valence-corrected chi connectivity index (χ0v) is 16.4. The van der Waals surface area contributed by atoms with Gasteiger partial charge in [-0.15, -0.1) is 0 Å². The number of primary amides is 1. The Kier molecular flexibility index (Phi) is 9.71. The minimum atomic E-state index is -0.382. The van der Waals surface area contributed by atoms with Gasteiger partial charge in [0.15, 0.2) is 0 Å². The quantitative estimate of drug-likeness (QED) is 0.234. The number of thioether (sulfide) groups is 1. The molecular formula is C17H30N4O5S. The highest BCUT2D eigenvalue weighted by Gasteiger charge is 2.42. The molecule has 0 aliphatic carbocycles. The summed E-state index contributed by atoms with van der Waals surface area (Å²) in [5.41, 5.74) is 4.99. The van der Waals surface area contributed by atoms with E-state index in [1.165, 1.54) is 0 Å². The maximum Gasteiger partial charge on any atom is 0.315 e. The maximum absolute atomic E-state index is 11.8. The Balaban J connectivity index is 1.38. The fourth-order valence-electron chi connectivity index (χ4n) is 3.12. The summed E-state index contributed by atoms with van der Waals surface area (Å²) in [6, 6.07) is 0.423. The SMILES string of the molecule is NC(=O)CCOCCOCCNC(=O)CCCC[C@@H]1SC[C@@H]2NC(=O)N[C@@H]21. The van der Waals surface area contributed by atoms with Crippen molar-refractivity contribution >= 4 is 29.6 Å². The highest BCUT2D eigenvalue weighted by molar-refractivity contribution is 8.00.